The third kappa shape index (κ3) is 3.34. The Labute approximate surface area is 86.5 Å². The highest BCUT2D eigenvalue weighted by molar-refractivity contribution is 9.11. The molecule has 0 spiro atoms. The lowest BCUT2D eigenvalue weighted by molar-refractivity contribution is 1.05. The molecule has 0 unspecified atom stereocenters. The highest BCUT2D eigenvalue weighted by atomic mass is 79.9. The lowest BCUT2D eigenvalue weighted by Gasteiger charge is -1.91. The number of aromatic nitrogens is 2. The number of nitrogens with zero attached hydrogens (tertiary/aromatic N) is 1. The average Bonchev–Trinajstić information content (AvgIpc) is 2.39. The normalized spacial score (nSPS) is 10.4. The van der Waals surface area contributed by atoms with Crippen LogP contribution in [0, 0.1) is 19.8 Å². The zero-order valence-corrected chi connectivity index (χ0v) is 9.22. The molecule has 0 bridgehead atoms. The van der Waals surface area contributed by atoms with E-state index in [0.717, 1.165) is 15.7 Å². The quantitative estimate of drug-likeness (QED) is 0.742. The second-order valence-electron chi connectivity index (χ2n) is 2.38. The van der Waals surface area contributed by atoms with Crippen LogP contribution in [-0.2, 0) is 0 Å². The zero-order chi connectivity index (χ0) is 10.4. The van der Waals surface area contributed by atoms with E-state index < -0.39 is 0 Å². The van der Waals surface area contributed by atoms with Crippen molar-refractivity contribution in [1.29, 1.82) is 0 Å². The number of allylic oxidation sites excluding steroid dienone is 1. The number of anilines is 1. The fourth-order valence-corrected chi connectivity index (χ4v) is 1.07. The second-order valence-corrected chi connectivity index (χ2v) is 3.63. The van der Waals surface area contributed by atoms with Gasteiger partial charge in [0.1, 0.15) is 0 Å². The van der Waals surface area contributed by atoms with Crippen LogP contribution in [0.2, 0.25) is 0 Å². The minimum absolute atomic E-state index is 0.543. The van der Waals surface area contributed by atoms with Crippen molar-refractivity contribution in [3.63, 3.8) is 0 Å². The summed E-state index contributed by atoms with van der Waals surface area (Å²) in [4.78, 5) is 0. The molecular formula is C9H12BrN3. The number of rotatable bonds is 1. The minimum atomic E-state index is 0.543. The van der Waals surface area contributed by atoms with E-state index in [4.69, 9.17) is 5.73 Å². The first-order chi connectivity index (χ1) is 6.11. The Morgan fingerprint density at radius 3 is 2.46 bits per heavy atom. The molecule has 0 aliphatic rings. The van der Waals surface area contributed by atoms with E-state index in [2.05, 4.69) is 39.0 Å². The summed E-state index contributed by atoms with van der Waals surface area (Å²) in [5.74, 6) is 0.543. The van der Waals surface area contributed by atoms with Gasteiger partial charge in [-0.25, -0.2) is 0 Å². The molecule has 0 radical (unpaired) electrons. The maximum absolute atomic E-state index is 5.58. The fraction of sp³-hybridized carbons (Fsp3) is 0.222. The first kappa shape index (κ1) is 11.8. The molecule has 70 valence electrons. The van der Waals surface area contributed by atoms with Crippen LogP contribution in [0.4, 0.5) is 5.82 Å². The number of hydrogen-bond acceptors (Lipinski definition) is 2. The molecule has 0 aliphatic carbocycles. The molecule has 0 aromatic carbocycles. The number of halogens is 1. The largest absolute Gasteiger partial charge is 0.382 e. The Bertz CT molecular complexity index is 299. The van der Waals surface area contributed by atoms with Gasteiger partial charge in [0.05, 0.1) is 0 Å². The summed E-state index contributed by atoms with van der Waals surface area (Å²) in [6.07, 6.45) is 9.94. The van der Waals surface area contributed by atoms with E-state index in [-0.39, 0.29) is 0 Å². The van der Waals surface area contributed by atoms with Gasteiger partial charge in [0, 0.05) is 11.3 Å². The van der Waals surface area contributed by atoms with E-state index >= 15 is 0 Å². The molecule has 0 atom stereocenters. The van der Waals surface area contributed by atoms with E-state index in [0.29, 0.717) is 5.82 Å². The van der Waals surface area contributed by atoms with Crippen molar-refractivity contribution in [2.24, 2.45) is 0 Å². The van der Waals surface area contributed by atoms with Crippen LogP contribution in [0.5, 0.6) is 0 Å². The van der Waals surface area contributed by atoms with Crippen molar-refractivity contribution in [3.8, 4) is 12.8 Å². The molecule has 0 saturated heterocycles. The summed E-state index contributed by atoms with van der Waals surface area (Å²) in [7, 11) is 0. The van der Waals surface area contributed by atoms with E-state index in [1.165, 1.54) is 0 Å². The summed E-state index contributed by atoms with van der Waals surface area (Å²) >= 11 is 3.33. The topological polar surface area (TPSA) is 54.7 Å². The molecule has 0 fully saturated rings. The monoisotopic (exact) mass is 241 g/mol. The van der Waals surface area contributed by atoms with Crippen molar-refractivity contribution in [2.45, 2.75) is 13.8 Å². The number of terminal acetylenes is 1. The van der Waals surface area contributed by atoms with Gasteiger partial charge in [-0.1, -0.05) is 15.9 Å². The Morgan fingerprint density at radius 1 is 1.62 bits per heavy atom. The molecule has 1 rings (SSSR count). The van der Waals surface area contributed by atoms with Crippen LogP contribution in [0.1, 0.15) is 18.2 Å². The van der Waals surface area contributed by atoms with Crippen molar-refractivity contribution in [1.82, 2.24) is 10.2 Å². The highest BCUT2D eigenvalue weighted by Crippen LogP contribution is 2.18. The first-order valence-corrected chi connectivity index (χ1v) is 4.38. The molecular weight excluding hydrogens is 230 g/mol. The molecule has 0 aliphatic heterocycles. The molecule has 4 heteroatoms. The lowest BCUT2D eigenvalue weighted by Crippen LogP contribution is -1.86. The number of hydrogen-bond donors (Lipinski definition) is 2. The van der Waals surface area contributed by atoms with E-state index in [1.807, 2.05) is 19.9 Å². The molecule has 0 amide bonds. The van der Waals surface area contributed by atoms with Gasteiger partial charge < -0.3 is 5.73 Å². The van der Waals surface area contributed by atoms with Crippen LogP contribution >= 0.6 is 15.9 Å². The zero-order valence-electron chi connectivity index (χ0n) is 7.63. The van der Waals surface area contributed by atoms with Gasteiger partial charge in [0.25, 0.3) is 0 Å². The maximum Gasteiger partial charge on any atom is 0.152 e. The number of nitrogens with one attached hydrogen (secondary N) is 1. The van der Waals surface area contributed by atoms with Crippen LogP contribution in [-0.4, -0.2) is 10.2 Å². The lowest BCUT2D eigenvalue weighted by atomic mass is 10.2. The van der Waals surface area contributed by atoms with E-state index in [1.54, 1.807) is 0 Å². The van der Waals surface area contributed by atoms with Crippen LogP contribution < -0.4 is 5.73 Å². The molecule has 1 aromatic rings. The average molecular weight is 242 g/mol. The number of nitrogen functional groups attached to an aromatic ring is 1. The van der Waals surface area contributed by atoms with Crippen molar-refractivity contribution < 1.29 is 0 Å². The predicted octanol–water partition coefficient (Wildman–Crippen LogP) is 2.31. The van der Waals surface area contributed by atoms with Crippen molar-refractivity contribution in [2.75, 3.05) is 5.73 Å². The Balaban J connectivity index is 0.000000671. The SMILES string of the molecule is C#C.C/C(Br)=C\c1c(N)n[nH]c1C. The molecule has 0 saturated carbocycles. The number of H-pyrrole nitrogens is 1. The maximum atomic E-state index is 5.58. The molecule has 3 N–H and O–H groups in total. The standard InChI is InChI=1S/C7H10BrN3.C2H2/c1-4(8)3-6-5(2)10-11-7(6)9;1-2/h3H,1-2H3,(H3,9,10,11);1-2H/b4-3+;. The third-order valence-corrected chi connectivity index (χ3v) is 1.60. The number of aromatic amines is 1. The summed E-state index contributed by atoms with van der Waals surface area (Å²) in [6.45, 7) is 3.89. The van der Waals surface area contributed by atoms with Crippen molar-refractivity contribution in [3.05, 3.63) is 15.7 Å². The molecule has 13 heavy (non-hydrogen) atoms. The summed E-state index contributed by atoms with van der Waals surface area (Å²) in [5, 5.41) is 6.66. The number of nitrogens with two attached hydrogens (primary N) is 1. The summed E-state index contributed by atoms with van der Waals surface area (Å²) in [5.41, 5.74) is 7.53. The van der Waals surface area contributed by atoms with Crippen LogP contribution in [0.25, 0.3) is 6.08 Å². The van der Waals surface area contributed by atoms with E-state index in [9.17, 15) is 0 Å². The third-order valence-electron chi connectivity index (χ3n) is 1.37. The predicted molar refractivity (Wildman–Crippen MR) is 60.2 cm³/mol. The van der Waals surface area contributed by atoms with Gasteiger partial charge in [-0.2, -0.15) is 5.10 Å². The van der Waals surface area contributed by atoms with Crippen LogP contribution in [0.3, 0.4) is 0 Å². The van der Waals surface area contributed by atoms with Crippen LogP contribution in [0.15, 0.2) is 4.48 Å². The van der Waals surface area contributed by atoms with Gasteiger partial charge in [-0.3, -0.25) is 5.10 Å². The summed E-state index contributed by atoms with van der Waals surface area (Å²) < 4.78 is 1.04. The molecule has 1 aromatic heterocycles. The van der Waals surface area contributed by atoms with Crippen molar-refractivity contribution >= 4 is 27.8 Å². The molecule has 1 heterocycles. The Hall–Kier alpha value is -1.21. The summed E-state index contributed by atoms with van der Waals surface area (Å²) in [6, 6.07) is 0. The number of aryl methyl sites for hydroxylation is 1. The first-order valence-electron chi connectivity index (χ1n) is 3.59. The van der Waals surface area contributed by atoms with Gasteiger partial charge >= 0.3 is 0 Å². The second kappa shape index (κ2) is 5.44. The van der Waals surface area contributed by atoms with Gasteiger partial charge in [-0.05, 0) is 24.4 Å². The van der Waals surface area contributed by atoms with Gasteiger partial charge in [0.2, 0.25) is 0 Å². The minimum Gasteiger partial charge on any atom is -0.382 e. The van der Waals surface area contributed by atoms with Gasteiger partial charge in [-0.15, -0.1) is 12.8 Å². The molecule has 3 nitrogen and oxygen atoms in total. The Kier molecular flexibility index (Phi) is 4.93. The highest BCUT2D eigenvalue weighted by Gasteiger charge is 2.02. The Morgan fingerprint density at radius 2 is 2.15 bits per heavy atom. The smallest absolute Gasteiger partial charge is 0.152 e. The fourth-order valence-electron chi connectivity index (χ4n) is 0.838. The van der Waals surface area contributed by atoms with Gasteiger partial charge in [0.15, 0.2) is 5.82 Å².